The minimum Gasteiger partial charge on any atom is -0.453 e. The smallest absolute Gasteiger partial charge is 0.407 e. The van der Waals surface area contributed by atoms with Crippen LogP contribution < -0.4 is 5.32 Å². The van der Waals surface area contributed by atoms with Gasteiger partial charge in [0.05, 0.1) is 7.11 Å². The predicted octanol–water partition coefficient (Wildman–Crippen LogP) is 3.93. The fourth-order valence-electron chi connectivity index (χ4n) is 3.63. The molecule has 0 bridgehead atoms. The number of methoxy groups -OCH3 is 1. The third kappa shape index (κ3) is 3.34. The van der Waals surface area contributed by atoms with Crippen LogP contribution in [0.15, 0.2) is 22.7 Å². The number of fused-ring (bicyclic) bond motifs is 1. The molecule has 1 aromatic rings. The zero-order valence-electron chi connectivity index (χ0n) is 13.1. The molecule has 2 unspecified atom stereocenters. The molecular weight excluding hydrogens is 358 g/mol. The summed E-state index contributed by atoms with van der Waals surface area (Å²) in [6.45, 7) is 0. The summed E-state index contributed by atoms with van der Waals surface area (Å²) in [6, 6.07) is 6.61. The van der Waals surface area contributed by atoms with Gasteiger partial charge >= 0.3 is 6.09 Å². The van der Waals surface area contributed by atoms with E-state index in [1.807, 2.05) is 0 Å². The average molecular weight is 378 g/mol. The van der Waals surface area contributed by atoms with Gasteiger partial charge < -0.3 is 10.1 Å². The molecule has 3 rings (SSSR count). The van der Waals surface area contributed by atoms with Gasteiger partial charge in [-0.15, -0.1) is 0 Å². The van der Waals surface area contributed by atoms with E-state index in [2.05, 4.69) is 44.2 Å². The molecule has 0 aromatic heterocycles. The van der Waals surface area contributed by atoms with Crippen molar-refractivity contribution >= 4 is 33.9 Å². The third-order valence-electron chi connectivity index (χ3n) is 4.85. The number of rotatable bonds is 3. The lowest BCUT2D eigenvalue weighted by Crippen LogP contribution is -2.32. The summed E-state index contributed by atoms with van der Waals surface area (Å²) in [4.78, 5) is 22.6. The Labute approximate surface area is 144 Å². The van der Waals surface area contributed by atoms with Crippen molar-refractivity contribution in [1.29, 1.82) is 0 Å². The van der Waals surface area contributed by atoms with E-state index in [1.54, 1.807) is 0 Å². The van der Waals surface area contributed by atoms with Crippen molar-refractivity contribution in [3.05, 3.63) is 39.4 Å². The number of amides is 1. The monoisotopic (exact) mass is 377 g/mol. The highest BCUT2D eigenvalue weighted by Gasteiger charge is 2.28. The zero-order valence-corrected chi connectivity index (χ0v) is 14.7. The molecule has 0 radical (unpaired) electrons. The quantitative estimate of drug-likeness (QED) is 0.811. The van der Waals surface area contributed by atoms with E-state index in [9.17, 15) is 9.59 Å². The third-order valence-corrected chi connectivity index (χ3v) is 5.68. The molecule has 23 heavy (non-hydrogen) atoms. The maximum atomic E-state index is 11.3. The molecule has 0 aliphatic heterocycles. The summed E-state index contributed by atoms with van der Waals surface area (Å²) in [7, 11) is 1.39. The Morgan fingerprint density at radius 2 is 2.17 bits per heavy atom. The van der Waals surface area contributed by atoms with Gasteiger partial charge in [-0.3, -0.25) is 4.79 Å². The van der Waals surface area contributed by atoms with Gasteiger partial charge in [0.2, 0.25) is 0 Å². The molecule has 2 aliphatic rings. The van der Waals surface area contributed by atoms with E-state index in [1.165, 1.54) is 18.2 Å². The van der Waals surface area contributed by atoms with Gasteiger partial charge in [0, 0.05) is 16.1 Å². The summed E-state index contributed by atoms with van der Waals surface area (Å²) in [5.41, 5.74) is 4.37. The largest absolute Gasteiger partial charge is 0.453 e. The Morgan fingerprint density at radius 1 is 1.35 bits per heavy atom. The number of allylic oxidation sites excluding steroid dienone is 2. The van der Waals surface area contributed by atoms with Gasteiger partial charge in [-0.2, -0.15) is 0 Å². The fraction of sp³-hybridized carbons (Fsp3) is 0.444. The van der Waals surface area contributed by atoms with Gasteiger partial charge in [0.25, 0.3) is 0 Å². The number of benzene rings is 1. The number of ether oxygens (including phenoxy) is 1. The highest BCUT2D eigenvalue weighted by Crippen LogP contribution is 2.38. The van der Waals surface area contributed by atoms with Crippen LogP contribution in [0.3, 0.4) is 0 Å². The Bertz CT molecular complexity index is 668. The van der Waals surface area contributed by atoms with E-state index in [0.29, 0.717) is 5.92 Å². The van der Waals surface area contributed by atoms with Crippen LogP contribution >= 0.6 is 15.9 Å². The number of carbonyl (C=O) groups excluding carboxylic acids is 2. The molecule has 1 saturated carbocycles. The second kappa shape index (κ2) is 6.87. The van der Waals surface area contributed by atoms with Gasteiger partial charge in [-0.1, -0.05) is 34.1 Å². The first-order chi connectivity index (χ1) is 11.1. The summed E-state index contributed by atoms with van der Waals surface area (Å²) >= 11 is 3.50. The van der Waals surface area contributed by atoms with Crippen LogP contribution in [-0.4, -0.2) is 25.5 Å². The number of hydrogen-bond acceptors (Lipinski definition) is 3. The minimum absolute atomic E-state index is 0.183. The van der Waals surface area contributed by atoms with Crippen LogP contribution in [-0.2, 0) is 16.0 Å². The minimum atomic E-state index is -0.355. The fourth-order valence-corrected chi connectivity index (χ4v) is 4.14. The van der Waals surface area contributed by atoms with Crippen molar-refractivity contribution in [2.45, 2.75) is 44.1 Å². The lowest BCUT2D eigenvalue weighted by atomic mass is 9.87. The molecule has 0 spiro atoms. The van der Waals surface area contributed by atoms with Crippen LogP contribution in [0.2, 0.25) is 0 Å². The Morgan fingerprint density at radius 3 is 2.91 bits per heavy atom. The second-order valence-electron chi connectivity index (χ2n) is 6.20. The molecule has 2 atom stereocenters. The van der Waals surface area contributed by atoms with Crippen molar-refractivity contribution in [2.75, 3.05) is 7.11 Å². The van der Waals surface area contributed by atoms with Gasteiger partial charge in [0.15, 0.2) is 6.29 Å². The topological polar surface area (TPSA) is 55.4 Å². The molecular formula is C18H20BrNO3. The van der Waals surface area contributed by atoms with E-state index in [4.69, 9.17) is 0 Å². The molecule has 1 aromatic carbocycles. The number of carbonyl (C=O) groups is 2. The first-order valence-corrected chi connectivity index (χ1v) is 8.73. The molecule has 5 heteroatoms. The molecule has 1 fully saturated rings. The van der Waals surface area contributed by atoms with E-state index in [0.717, 1.165) is 54.0 Å². The number of aldehydes is 1. The second-order valence-corrected chi connectivity index (χ2v) is 7.15. The van der Waals surface area contributed by atoms with Crippen LogP contribution in [0.1, 0.15) is 48.3 Å². The summed E-state index contributed by atoms with van der Waals surface area (Å²) in [5, 5.41) is 2.89. The van der Waals surface area contributed by atoms with Gasteiger partial charge in [-0.05, 0) is 54.7 Å². The maximum Gasteiger partial charge on any atom is 0.407 e. The van der Waals surface area contributed by atoms with Crippen molar-refractivity contribution in [3.63, 3.8) is 0 Å². The number of aryl methyl sites for hydroxylation is 1. The average Bonchev–Trinajstić information content (AvgIpc) is 3.02. The van der Waals surface area contributed by atoms with Crippen molar-refractivity contribution < 1.29 is 14.3 Å². The predicted molar refractivity (Wildman–Crippen MR) is 92.6 cm³/mol. The summed E-state index contributed by atoms with van der Waals surface area (Å²) in [6.07, 6.45) is 5.39. The highest BCUT2D eigenvalue weighted by atomic mass is 79.9. The molecule has 1 N–H and O–H groups in total. The number of halogens is 1. The molecule has 0 saturated heterocycles. The van der Waals surface area contributed by atoms with Crippen LogP contribution in [0.25, 0.3) is 5.57 Å². The maximum absolute atomic E-state index is 11.3. The summed E-state index contributed by atoms with van der Waals surface area (Å²) in [5.74, 6) is 0.455. The molecule has 4 nitrogen and oxygen atoms in total. The van der Waals surface area contributed by atoms with Crippen LogP contribution in [0.5, 0.6) is 0 Å². The lowest BCUT2D eigenvalue weighted by Gasteiger charge is -2.20. The zero-order chi connectivity index (χ0) is 16.4. The number of hydrogen-bond donors (Lipinski definition) is 1. The Kier molecular flexibility index (Phi) is 4.85. The van der Waals surface area contributed by atoms with Gasteiger partial charge in [-0.25, -0.2) is 4.79 Å². The van der Waals surface area contributed by atoms with Crippen molar-refractivity contribution in [3.8, 4) is 0 Å². The standard InChI is InChI=1S/C18H20BrNO3/c1-23-18(22)20-14-5-2-12(9-14)11-3-6-15-13(8-11)4-7-17(19)16(15)10-21/h3,6,8,10,12,14H,2,4-5,7,9H2,1H3,(H,20,22). The molecule has 2 aliphatic carbocycles. The van der Waals surface area contributed by atoms with E-state index >= 15 is 0 Å². The first-order valence-electron chi connectivity index (χ1n) is 7.94. The normalized spacial score (nSPS) is 23.4. The molecule has 0 heterocycles. The number of nitrogens with one attached hydrogen (secondary N) is 1. The van der Waals surface area contributed by atoms with Crippen molar-refractivity contribution in [1.82, 2.24) is 5.32 Å². The Balaban J connectivity index is 1.76. The van der Waals surface area contributed by atoms with Gasteiger partial charge in [0.1, 0.15) is 0 Å². The lowest BCUT2D eigenvalue weighted by molar-refractivity contribution is -0.103. The SMILES string of the molecule is COC(=O)NC1CCC(c2ccc3c(c2)CCC(Br)=C3C=O)C1. The van der Waals surface area contributed by atoms with E-state index in [-0.39, 0.29) is 12.1 Å². The van der Waals surface area contributed by atoms with Crippen LogP contribution in [0.4, 0.5) is 4.79 Å². The first kappa shape index (κ1) is 16.2. The van der Waals surface area contributed by atoms with Crippen LogP contribution in [0, 0.1) is 0 Å². The Hall–Kier alpha value is -1.62. The molecule has 122 valence electrons. The number of alkyl carbamates (subject to hydrolysis) is 1. The van der Waals surface area contributed by atoms with Crippen molar-refractivity contribution in [2.24, 2.45) is 0 Å². The van der Waals surface area contributed by atoms with E-state index < -0.39 is 0 Å². The molecule has 1 amide bonds. The summed E-state index contributed by atoms with van der Waals surface area (Å²) < 4.78 is 5.67. The highest BCUT2D eigenvalue weighted by molar-refractivity contribution is 9.11.